The predicted octanol–water partition coefficient (Wildman–Crippen LogP) is 3.42. The number of amides is 2. The number of carbonyl (C=O) groups is 2. The number of thioether (sulfide) groups is 1. The van der Waals surface area contributed by atoms with E-state index in [1.165, 1.54) is 42.5 Å². The second-order valence-corrected chi connectivity index (χ2v) is 7.59. The minimum Gasteiger partial charge on any atom is -0.325 e. The molecule has 2 aromatic carbocycles. The van der Waals surface area contributed by atoms with E-state index >= 15 is 0 Å². The first-order chi connectivity index (χ1) is 15.9. The highest BCUT2D eigenvalue weighted by molar-refractivity contribution is 7.99. The van der Waals surface area contributed by atoms with Crippen molar-refractivity contribution in [3.05, 3.63) is 82.9 Å². The van der Waals surface area contributed by atoms with Crippen molar-refractivity contribution in [3.63, 3.8) is 0 Å². The van der Waals surface area contributed by atoms with E-state index in [0.29, 0.717) is 23.2 Å². The summed E-state index contributed by atoms with van der Waals surface area (Å²) in [6, 6.07) is 11.3. The van der Waals surface area contributed by atoms with Crippen LogP contribution in [0.3, 0.4) is 0 Å². The van der Waals surface area contributed by atoms with Gasteiger partial charge in [-0.1, -0.05) is 30.0 Å². The van der Waals surface area contributed by atoms with Crippen LogP contribution in [0, 0.1) is 15.9 Å². The SMILES string of the molecule is C=CCn1c(CC(=O)Nc2ccccc2F)nnc1SCC(=O)Nc1ccc([N+](=O)[O-])cc1. The van der Waals surface area contributed by atoms with Crippen LogP contribution in [0.25, 0.3) is 0 Å². The Labute approximate surface area is 192 Å². The lowest BCUT2D eigenvalue weighted by Gasteiger charge is -2.09. The second kappa shape index (κ2) is 11.0. The Bertz CT molecular complexity index is 1180. The molecule has 3 aromatic rings. The van der Waals surface area contributed by atoms with Gasteiger partial charge in [-0.2, -0.15) is 0 Å². The molecule has 1 heterocycles. The van der Waals surface area contributed by atoms with E-state index in [4.69, 9.17) is 0 Å². The summed E-state index contributed by atoms with van der Waals surface area (Å²) in [5.74, 6) is -1.03. The summed E-state index contributed by atoms with van der Waals surface area (Å²) in [7, 11) is 0. The van der Waals surface area contributed by atoms with Crippen LogP contribution in [0.1, 0.15) is 5.82 Å². The molecule has 0 aliphatic heterocycles. The molecular weight excluding hydrogens is 451 g/mol. The molecule has 0 saturated heterocycles. The number of anilines is 2. The van der Waals surface area contributed by atoms with Crippen molar-refractivity contribution in [1.82, 2.24) is 14.8 Å². The van der Waals surface area contributed by atoms with Crippen molar-refractivity contribution < 1.29 is 18.9 Å². The van der Waals surface area contributed by atoms with Crippen molar-refractivity contribution in [2.75, 3.05) is 16.4 Å². The molecule has 10 nitrogen and oxygen atoms in total. The molecule has 0 atom stereocenters. The third kappa shape index (κ3) is 6.46. The average molecular weight is 470 g/mol. The van der Waals surface area contributed by atoms with E-state index < -0.39 is 16.6 Å². The highest BCUT2D eigenvalue weighted by atomic mass is 32.2. The van der Waals surface area contributed by atoms with E-state index in [1.54, 1.807) is 16.7 Å². The number of nitro groups is 1. The minimum absolute atomic E-state index is 0.00626. The Hall–Kier alpha value is -4.06. The Morgan fingerprint density at radius 3 is 2.52 bits per heavy atom. The Balaban J connectivity index is 1.61. The van der Waals surface area contributed by atoms with Crippen LogP contribution in [0.5, 0.6) is 0 Å². The number of benzene rings is 2. The lowest BCUT2D eigenvalue weighted by Crippen LogP contribution is -2.18. The summed E-state index contributed by atoms with van der Waals surface area (Å²) in [5.41, 5.74) is 0.408. The number of halogens is 1. The number of hydrogen-bond acceptors (Lipinski definition) is 7. The van der Waals surface area contributed by atoms with Crippen molar-refractivity contribution in [2.45, 2.75) is 18.1 Å². The van der Waals surface area contributed by atoms with Crippen LogP contribution >= 0.6 is 11.8 Å². The number of rotatable bonds is 10. The molecule has 0 fully saturated rings. The number of para-hydroxylation sites is 1. The summed E-state index contributed by atoms with van der Waals surface area (Å²) >= 11 is 1.11. The van der Waals surface area contributed by atoms with Gasteiger partial charge >= 0.3 is 0 Å². The summed E-state index contributed by atoms with van der Waals surface area (Å²) in [6.45, 7) is 3.99. The van der Waals surface area contributed by atoms with Crippen molar-refractivity contribution >= 4 is 40.6 Å². The van der Waals surface area contributed by atoms with Crippen LogP contribution in [-0.2, 0) is 22.6 Å². The molecule has 2 N–H and O–H groups in total. The second-order valence-electron chi connectivity index (χ2n) is 6.64. The third-order valence-corrected chi connectivity index (χ3v) is 5.23. The van der Waals surface area contributed by atoms with Crippen molar-refractivity contribution in [2.24, 2.45) is 0 Å². The highest BCUT2D eigenvalue weighted by Gasteiger charge is 2.17. The molecule has 0 aliphatic rings. The fourth-order valence-corrected chi connectivity index (χ4v) is 3.53. The van der Waals surface area contributed by atoms with E-state index in [-0.39, 0.29) is 29.5 Å². The molecule has 2 amide bonds. The number of non-ortho nitro benzene ring substituents is 1. The molecule has 0 radical (unpaired) electrons. The fraction of sp³-hybridized carbons (Fsp3) is 0.143. The summed E-state index contributed by atoms with van der Waals surface area (Å²) in [4.78, 5) is 34.8. The highest BCUT2D eigenvalue weighted by Crippen LogP contribution is 2.20. The van der Waals surface area contributed by atoms with Crippen LogP contribution in [0.15, 0.2) is 66.3 Å². The quantitative estimate of drug-likeness (QED) is 0.201. The molecule has 1 aromatic heterocycles. The van der Waals surface area contributed by atoms with E-state index in [0.717, 1.165) is 11.8 Å². The first-order valence-corrected chi connectivity index (χ1v) is 10.6. The molecule has 0 unspecified atom stereocenters. The molecule has 33 heavy (non-hydrogen) atoms. The number of carbonyl (C=O) groups excluding carboxylic acids is 2. The third-order valence-electron chi connectivity index (χ3n) is 4.27. The maximum Gasteiger partial charge on any atom is 0.269 e. The fourth-order valence-electron chi connectivity index (χ4n) is 2.76. The smallest absolute Gasteiger partial charge is 0.269 e. The average Bonchev–Trinajstić information content (AvgIpc) is 3.15. The van der Waals surface area contributed by atoms with Crippen LogP contribution in [0.2, 0.25) is 0 Å². The number of aromatic nitrogens is 3. The molecule has 170 valence electrons. The number of allylic oxidation sites excluding steroid dienone is 1. The molecule has 0 bridgehead atoms. The summed E-state index contributed by atoms with van der Waals surface area (Å²) < 4.78 is 15.4. The topological polar surface area (TPSA) is 132 Å². The standard InChI is InChI=1S/C21H19FN6O4S/c1-2-11-27-18(12-19(29)24-17-6-4-3-5-16(17)22)25-26-21(27)33-13-20(30)23-14-7-9-15(10-8-14)28(31)32/h2-10H,1,11-13H2,(H,23,30)(H,24,29). The molecule has 0 spiro atoms. The maximum atomic E-state index is 13.7. The van der Waals surface area contributed by atoms with Gasteiger partial charge in [0.1, 0.15) is 11.6 Å². The molecule has 0 aliphatic carbocycles. The van der Waals surface area contributed by atoms with Gasteiger partial charge in [0.2, 0.25) is 11.8 Å². The van der Waals surface area contributed by atoms with Gasteiger partial charge in [0, 0.05) is 24.4 Å². The van der Waals surface area contributed by atoms with Gasteiger partial charge in [-0.3, -0.25) is 19.7 Å². The van der Waals surface area contributed by atoms with Crippen LogP contribution in [-0.4, -0.2) is 37.3 Å². The van der Waals surface area contributed by atoms with Gasteiger partial charge in [-0.05, 0) is 24.3 Å². The van der Waals surface area contributed by atoms with Gasteiger partial charge in [0.25, 0.3) is 5.69 Å². The Kier molecular flexibility index (Phi) is 7.86. The Morgan fingerprint density at radius 2 is 1.85 bits per heavy atom. The monoisotopic (exact) mass is 470 g/mol. The first kappa shape index (κ1) is 23.6. The minimum atomic E-state index is -0.548. The zero-order valence-electron chi connectivity index (χ0n) is 17.2. The van der Waals surface area contributed by atoms with Gasteiger partial charge in [-0.25, -0.2) is 4.39 Å². The number of nitro benzene ring substituents is 1. The van der Waals surface area contributed by atoms with E-state index in [1.807, 2.05) is 0 Å². The molecule has 12 heteroatoms. The summed E-state index contributed by atoms with van der Waals surface area (Å²) in [5, 5.41) is 24.3. The van der Waals surface area contributed by atoms with E-state index in [9.17, 15) is 24.1 Å². The lowest BCUT2D eigenvalue weighted by molar-refractivity contribution is -0.384. The zero-order chi connectivity index (χ0) is 23.8. The normalized spacial score (nSPS) is 10.5. The predicted molar refractivity (Wildman–Crippen MR) is 121 cm³/mol. The molecule has 0 saturated carbocycles. The van der Waals surface area contributed by atoms with Crippen LogP contribution < -0.4 is 10.6 Å². The van der Waals surface area contributed by atoms with Gasteiger partial charge in [0.05, 0.1) is 22.8 Å². The maximum absolute atomic E-state index is 13.7. The number of hydrogen-bond donors (Lipinski definition) is 2. The van der Waals surface area contributed by atoms with Crippen LogP contribution in [0.4, 0.5) is 21.5 Å². The molecular formula is C21H19FN6O4S. The number of nitrogens with one attached hydrogen (secondary N) is 2. The number of nitrogens with zero attached hydrogens (tertiary/aromatic N) is 4. The largest absolute Gasteiger partial charge is 0.325 e. The van der Waals surface area contributed by atoms with Crippen molar-refractivity contribution in [3.8, 4) is 0 Å². The first-order valence-electron chi connectivity index (χ1n) is 9.62. The van der Waals surface area contributed by atoms with E-state index in [2.05, 4.69) is 27.4 Å². The zero-order valence-corrected chi connectivity index (χ0v) is 18.0. The Morgan fingerprint density at radius 1 is 1.12 bits per heavy atom. The summed E-state index contributed by atoms with van der Waals surface area (Å²) in [6.07, 6.45) is 1.45. The molecule has 3 rings (SSSR count). The van der Waals surface area contributed by atoms with Crippen molar-refractivity contribution in [1.29, 1.82) is 0 Å². The lowest BCUT2D eigenvalue weighted by atomic mass is 10.3. The van der Waals surface area contributed by atoms with Gasteiger partial charge < -0.3 is 15.2 Å². The van der Waals surface area contributed by atoms with Gasteiger partial charge in [0.15, 0.2) is 5.16 Å². The van der Waals surface area contributed by atoms with Gasteiger partial charge in [-0.15, -0.1) is 16.8 Å².